The Morgan fingerprint density at radius 3 is 1.04 bits per heavy atom. The molecule has 0 aliphatic rings. The van der Waals surface area contributed by atoms with Crippen LogP contribution in [0.25, 0.3) is 240 Å². The number of rotatable bonds is 5. The minimum atomic E-state index is 0.867. The summed E-state index contributed by atoms with van der Waals surface area (Å²) in [7, 11) is 0. The van der Waals surface area contributed by atoms with E-state index in [-0.39, 0.29) is 0 Å². The number of hydrogen-bond acceptors (Lipinski definition) is 2. The molecule has 468 valence electrons. The Morgan fingerprint density at radius 1 is 0.147 bits per heavy atom. The minimum Gasteiger partial charge on any atom is -0.456 e. The van der Waals surface area contributed by atoms with Gasteiger partial charge in [-0.15, -0.1) is 0 Å². The molecule has 2 nitrogen and oxygen atoms in total. The highest BCUT2D eigenvalue weighted by Gasteiger charge is 2.27. The zero-order valence-electron chi connectivity index (χ0n) is 55.1. The minimum absolute atomic E-state index is 0.867. The Kier molecular flexibility index (Phi) is 11.5. The van der Waals surface area contributed by atoms with Crippen molar-refractivity contribution in [3.63, 3.8) is 0 Å². The average Bonchev–Trinajstić information content (AvgIpc) is 1.11. The fraction of sp³-hybridized carbons (Fsp3) is 0. The Balaban J connectivity index is 0.719. The van der Waals surface area contributed by atoms with Crippen LogP contribution in [-0.4, -0.2) is 0 Å². The molecule has 0 fully saturated rings. The molecule has 0 atom stereocenters. The molecule has 102 heavy (non-hydrogen) atoms. The Bertz CT molecular complexity index is 7520. The number of fused-ring (bicyclic) bond motifs is 28. The highest BCUT2D eigenvalue weighted by molar-refractivity contribution is 6.36. The summed E-state index contributed by atoms with van der Waals surface area (Å²) in [4.78, 5) is 0. The van der Waals surface area contributed by atoms with Crippen LogP contribution < -0.4 is 0 Å². The summed E-state index contributed by atoms with van der Waals surface area (Å²) in [6.07, 6.45) is 0. The molecule has 0 bridgehead atoms. The quantitative estimate of drug-likeness (QED) is 0.127. The first-order valence-electron chi connectivity index (χ1n) is 35.4. The molecule has 21 aromatic carbocycles. The van der Waals surface area contributed by atoms with E-state index in [9.17, 15) is 0 Å². The molecule has 2 heterocycles. The Hall–Kier alpha value is -13.4. The molecule has 2 heteroatoms. The summed E-state index contributed by atoms with van der Waals surface area (Å²) in [5.41, 5.74) is 15.3. The summed E-state index contributed by atoms with van der Waals surface area (Å²) >= 11 is 0. The largest absolute Gasteiger partial charge is 0.456 e. The van der Waals surface area contributed by atoms with Crippen molar-refractivity contribution in [3.8, 4) is 55.6 Å². The fourth-order valence-corrected chi connectivity index (χ4v) is 18.6. The van der Waals surface area contributed by atoms with Crippen LogP contribution in [0.3, 0.4) is 0 Å². The SMILES string of the molecule is c1ccc2c(c1)ccc1oc3cccc(-c4c5ccccc5c(-c5ccc6c7ccc(-c8ccc(-c9c%10ccccc%10c(-c%10cccc%11c%10ccc%10c%12ccccc%12c%12ccccc%12c%11%10)c%10ccccc9%10)c9c8oc8ccc%10ccccc%10c89)cc7c7ccccc7c6c5)c5ccccc45)c3c12. The molecule has 0 saturated heterocycles. The van der Waals surface area contributed by atoms with Crippen molar-refractivity contribution < 1.29 is 8.83 Å². The molecule has 0 aliphatic carbocycles. The van der Waals surface area contributed by atoms with Crippen LogP contribution in [-0.2, 0) is 0 Å². The molecule has 23 aromatic rings. The van der Waals surface area contributed by atoms with E-state index in [0.717, 1.165) is 60.6 Å². The predicted molar refractivity (Wildman–Crippen MR) is 436 cm³/mol. The van der Waals surface area contributed by atoms with Crippen LogP contribution in [0.15, 0.2) is 349 Å². The van der Waals surface area contributed by atoms with Crippen LogP contribution in [0, 0.1) is 0 Å². The molecule has 0 unspecified atom stereocenters. The van der Waals surface area contributed by atoms with E-state index in [1.165, 1.54) is 179 Å². The number of hydrogen-bond donors (Lipinski definition) is 0. The van der Waals surface area contributed by atoms with E-state index >= 15 is 0 Å². The lowest BCUT2D eigenvalue weighted by Gasteiger charge is -2.20. The second-order valence-electron chi connectivity index (χ2n) is 27.8. The van der Waals surface area contributed by atoms with Gasteiger partial charge < -0.3 is 8.83 Å². The first kappa shape index (κ1) is 55.6. The lowest BCUT2D eigenvalue weighted by atomic mass is 9.82. The van der Waals surface area contributed by atoms with Crippen LogP contribution >= 0.6 is 0 Å². The standard InChI is InChI=1S/C100H56O2/c1-3-23-61-57(21-1)45-53-89-96(61)98-84(41-20-42-88(98)101-89)94-77-33-13-11-31-75(77)91(76-32-12-14-34-78(76)94)60-44-48-70-69-47-43-59(55-86(69)67-28-7-8-29-68(67)87(70)56-60)63-49-52-85(99-97-62-24-4-2-22-58(62)46-54-90(97)102-100(63)99)95-81-37-17-15-35-79(81)93(80-36-16-18-38-82(80)95)74-40-19-39-73-71(74)50-51-83-66-27-6-5-25-64(66)65-26-9-10-30-72(65)92(73)83/h1-56H. The number of furan rings is 2. The Morgan fingerprint density at radius 2 is 0.480 bits per heavy atom. The summed E-state index contributed by atoms with van der Waals surface area (Å²) in [6.45, 7) is 0. The normalized spacial score (nSPS) is 12.3. The molecule has 2 aromatic heterocycles. The van der Waals surface area contributed by atoms with Crippen molar-refractivity contribution in [2.45, 2.75) is 0 Å². The maximum Gasteiger partial charge on any atom is 0.143 e. The van der Waals surface area contributed by atoms with Crippen LogP contribution in [0.2, 0.25) is 0 Å². The van der Waals surface area contributed by atoms with Gasteiger partial charge in [0.15, 0.2) is 0 Å². The van der Waals surface area contributed by atoms with Gasteiger partial charge in [-0.2, -0.15) is 0 Å². The van der Waals surface area contributed by atoms with E-state index in [2.05, 4.69) is 340 Å². The van der Waals surface area contributed by atoms with Crippen LogP contribution in [0.5, 0.6) is 0 Å². The third-order valence-corrected chi connectivity index (χ3v) is 22.8. The number of benzene rings is 21. The molecular weight excluding hydrogens is 1230 g/mol. The first-order chi connectivity index (χ1) is 50.6. The molecule has 0 spiro atoms. The molecule has 0 radical (unpaired) electrons. The van der Waals surface area contributed by atoms with Crippen molar-refractivity contribution in [1.29, 1.82) is 0 Å². The van der Waals surface area contributed by atoms with Crippen molar-refractivity contribution >= 4 is 184 Å². The van der Waals surface area contributed by atoms with Gasteiger partial charge in [0.1, 0.15) is 22.3 Å². The lowest BCUT2D eigenvalue weighted by Crippen LogP contribution is -1.93. The van der Waals surface area contributed by atoms with E-state index < -0.39 is 0 Å². The predicted octanol–water partition coefficient (Wildman–Crippen LogP) is 28.8. The topological polar surface area (TPSA) is 26.3 Å². The van der Waals surface area contributed by atoms with Crippen molar-refractivity contribution in [2.24, 2.45) is 0 Å². The van der Waals surface area contributed by atoms with Crippen molar-refractivity contribution in [1.82, 2.24) is 0 Å². The van der Waals surface area contributed by atoms with Gasteiger partial charge in [-0.05, 0) is 227 Å². The Labute approximate surface area is 584 Å². The van der Waals surface area contributed by atoms with E-state index in [4.69, 9.17) is 8.83 Å². The smallest absolute Gasteiger partial charge is 0.143 e. The summed E-state index contributed by atoms with van der Waals surface area (Å²) in [6, 6.07) is 127. The highest BCUT2D eigenvalue weighted by atomic mass is 16.3. The van der Waals surface area contributed by atoms with Gasteiger partial charge in [0.25, 0.3) is 0 Å². The van der Waals surface area contributed by atoms with Crippen LogP contribution in [0.4, 0.5) is 0 Å². The summed E-state index contributed by atoms with van der Waals surface area (Å²) in [5.74, 6) is 0. The third kappa shape index (κ3) is 7.67. The molecule has 0 aliphatic heterocycles. The van der Waals surface area contributed by atoms with Gasteiger partial charge >= 0.3 is 0 Å². The van der Waals surface area contributed by atoms with E-state index in [1.54, 1.807) is 0 Å². The second-order valence-corrected chi connectivity index (χ2v) is 27.8. The van der Waals surface area contributed by atoms with Gasteiger partial charge in [0, 0.05) is 27.1 Å². The molecule has 23 rings (SSSR count). The lowest BCUT2D eigenvalue weighted by molar-refractivity contribution is 0.669. The van der Waals surface area contributed by atoms with Gasteiger partial charge in [-0.1, -0.05) is 303 Å². The summed E-state index contributed by atoms with van der Waals surface area (Å²) < 4.78 is 14.1. The molecular formula is C100H56O2. The van der Waals surface area contributed by atoms with E-state index in [1.807, 2.05) is 0 Å². The average molecular weight is 1290 g/mol. The van der Waals surface area contributed by atoms with Gasteiger partial charge in [0.05, 0.1) is 0 Å². The highest BCUT2D eigenvalue weighted by Crippen LogP contribution is 2.54. The van der Waals surface area contributed by atoms with Crippen molar-refractivity contribution in [3.05, 3.63) is 340 Å². The first-order valence-corrected chi connectivity index (χ1v) is 35.4. The maximum absolute atomic E-state index is 7.43. The van der Waals surface area contributed by atoms with Gasteiger partial charge in [-0.25, -0.2) is 0 Å². The third-order valence-electron chi connectivity index (χ3n) is 22.8. The monoisotopic (exact) mass is 1290 g/mol. The molecule has 0 N–H and O–H groups in total. The maximum atomic E-state index is 7.43. The van der Waals surface area contributed by atoms with Gasteiger partial charge in [0.2, 0.25) is 0 Å². The van der Waals surface area contributed by atoms with Crippen LogP contribution in [0.1, 0.15) is 0 Å². The zero-order valence-corrected chi connectivity index (χ0v) is 55.1. The van der Waals surface area contributed by atoms with Crippen molar-refractivity contribution in [2.75, 3.05) is 0 Å². The fourth-order valence-electron chi connectivity index (χ4n) is 18.6. The molecule has 0 saturated carbocycles. The molecule has 0 amide bonds. The zero-order chi connectivity index (χ0) is 66.4. The summed E-state index contributed by atoms with van der Waals surface area (Å²) in [5, 5.41) is 36.4. The second kappa shape index (κ2) is 21.1. The van der Waals surface area contributed by atoms with Gasteiger partial charge in [-0.3, -0.25) is 0 Å². The van der Waals surface area contributed by atoms with E-state index in [0.29, 0.717) is 0 Å².